The first-order chi connectivity index (χ1) is 9.65. The van der Waals surface area contributed by atoms with E-state index >= 15 is 0 Å². The van der Waals surface area contributed by atoms with E-state index < -0.39 is 0 Å². The fraction of sp³-hybridized carbons (Fsp3) is 0.684. The van der Waals surface area contributed by atoms with E-state index in [2.05, 4.69) is 39.0 Å². The lowest BCUT2D eigenvalue weighted by molar-refractivity contribution is 0.535. The van der Waals surface area contributed by atoms with Gasteiger partial charge in [-0.25, -0.2) is 0 Å². The van der Waals surface area contributed by atoms with Crippen molar-refractivity contribution >= 4 is 0 Å². The summed E-state index contributed by atoms with van der Waals surface area (Å²) in [7, 11) is 0. The van der Waals surface area contributed by atoms with Crippen LogP contribution in [-0.2, 0) is 0 Å². The SMILES string of the molecule is CCCCCCCCCCC(N)c1cc(C)ccc1C. The summed E-state index contributed by atoms with van der Waals surface area (Å²) in [6, 6.07) is 6.83. The fourth-order valence-electron chi connectivity index (χ4n) is 2.81. The maximum atomic E-state index is 6.35. The lowest BCUT2D eigenvalue weighted by atomic mass is 9.95. The van der Waals surface area contributed by atoms with Crippen LogP contribution < -0.4 is 5.73 Å². The topological polar surface area (TPSA) is 26.0 Å². The second kappa shape index (κ2) is 9.99. The van der Waals surface area contributed by atoms with Gasteiger partial charge in [-0.2, -0.15) is 0 Å². The summed E-state index contributed by atoms with van der Waals surface area (Å²) in [5, 5.41) is 0. The van der Waals surface area contributed by atoms with Gasteiger partial charge in [0.15, 0.2) is 0 Å². The van der Waals surface area contributed by atoms with Crippen molar-refractivity contribution < 1.29 is 0 Å². The van der Waals surface area contributed by atoms with Crippen LogP contribution in [0.15, 0.2) is 18.2 Å². The molecule has 2 N–H and O–H groups in total. The molecule has 0 heterocycles. The van der Waals surface area contributed by atoms with E-state index in [1.165, 1.54) is 68.1 Å². The monoisotopic (exact) mass is 275 g/mol. The molecular formula is C19H33N. The van der Waals surface area contributed by atoms with Gasteiger partial charge < -0.3 is 5.73 Å². The highest BCUT2D eigenvalue weighted by Crippen LogP contribution is 2.22. The van der Waals surface area contributed by atoms with Gasteiger partial charge in [-0.15, -0.1) is 0 Å². The zero-order valence-corrected chi connectivity index (χ0v) is 13.8. The van der Waals surface area contributed by atoms with E-state index in [4.69, 9.17) is 5.73 Å². The minimum atomic E-state index is 0.218. The molecule has 0 amide bonds. The first-order valence-corrected chi connectivity index (χ1v) is 8.48. The van der Waals surface area contributed by atoms with Crippen molar-refractivity contribution in [3.05, 3.63) is 34.9 Å². The molecule has 114 valence electrons. The largest absolute Gasteiger partial charge is 0.324 e. The summed E-state index contributed by atoms with van der Waals surface area (Å²) in [5.74, 6) is 0. The molecule has 1 atom stereocenters. The average Bonchev–Trinajstić information content (AvgIpc) is 2.44. The lowest BCUT2D eigenvalue weighted by Gasteiger charge is -2.15. The molecule has 0 aromatic heterocycles. The van der Waals surface area contributed by atoms with Gasteiger partial charge in [0.25, 0.3) is 0 Å². The van der Waals surface area contributed by atoms with Crippen LogP contribution in [0.25, 0.3) is 0 Å². The van der Waals surface area contributed by atoms with Crippen LogP contribution in [0.5, 0.6) is 0 Å². The molecule has 1 unspecified atom stereocenters. The predicted molar refractivity (Wildman–Crippen MR) is 90.1 cm³/mol. The van der Waals surface area contributed by atoms with Crippen LogP contribution in [0.4, 0.5) is 0 Å². The summed E-state index contributed by atoms with van der Waals surface area (Å²) in [6.07, 6.45) is 12.1. The summed E-state index contributed by atoms with van der Waals surface area (Å²) >= 11 is 0. The van der Waals surface area contributed by atoms with Crippen molar-refractivity contribution in [1.82, 2.24) is 0 Å². The molecule has 0 spiro atoms. The van der Waals surface area contributed by atoms with Crippen LogP contribution in [-0.4, -0.2) is 0 Å². The van der Waals surface area contributed by atoms with E-state index in [0.29, 0.717) is 0 Å². The van der Waals surface area contributed by atoms with E-state index in [1.54, 1.807) is 0 Å². The van der Waals surface area contributed by atoms with Crippen molar-refractivity contribution in [3.8, 4) is 0 Å². The highest BCUT2D eigenvalue weighted by atomic mass is 14.6. The van der Waals surface area contributed by atoms with Gasteiger partial charge in [0.2, 0.25) is 0 Å². The Morgan fingerprint density at radius 1 is 0.900 bits per heavy atom. The van der Waals surface area contributed by atoms with E-state index in [0.717, 1.165) is 6.42 Å². The standard InChI is InChI=1S/C19H33N/c1-4-5-6-7-8-9-10-11-12-19(20)18-15-16(2)13-14-17(18)3/h13-15,19H,4-12,20H2,1-3H3. The molecule has 1 heteroatoms. The Balaban J connectivity index is 2.17. The van der Waals surface area contributed by atoms with Gasteiger partial charge in [-0.05, 0) is 31.4 Å². The van der Waals surface area contributed by atoms with Crippen LogP contribution in [0.3, 0.4) is 0 Å². The lowest BCUT2D eigenvalue weighted by Crippen LogP contribution is -2.11. The van der Waals surface area contributed by atoms with Gasteiger partial charge in [-0.1, -0.05) is 82.1 Å². The first-order valence-electron chi connectivity index (χ1n) is 8.48. The molecule has 1 rings (SSSR count). The van der Waals surface area contributed by atoms with E-state index in [-0.39, 0.29) is 6.04 Å². The zero-order chi connectivity index (χ0) is 14.8. The molecule has 0 saturated heterocycles. The summed E-state index contributed by atoms with van der Waals surface area (Å²) < 4.78 is 0. The van der Waals surface area contributed by atoms with E-state index in [1.807, 2.05) is 0 Å². The minimum Gasteiger partial charge on any atom is -0.324 e. The average molecular weight is 275 g/mol. The summed E-state index contributed by atoms with van der Waals surface area (Å²) in [4.78, 5) is 0. The van der Waals surface area contributed by atoms with Crippen molar-refractivity contribution in [2.75, 3.05) is 0 Å². The molecule has 0 radical (unpaired) electrons. The number of hydrogen-bond donors (Lipinski definition) is 1. The summed E-state index contributed by atoms with van der Waals surface area (Å²) in [6.45, 7) is 6.59. The van der Waals surface area contributed by atoms with Crippen molar-refractivity contribution in [2.24, 2.45) is 5.73 Å². The maximum absolute atomic E-state index is 6.35. The van der Waals surface area contributed by atoms with Gasteiger partial charge in [0.1, 0.15) is 0 Å². The Labute approximate surface area is 126 Å². The Kier molecular flexibility index (Phi) is 8.60. The number of rotatable bonds is 10. The molecular weight excluding hydrogens is 242 g/mol. The number of aryl methyl sites for hydroxylation is 2. The Bertz CT molecular complexity index is 370. The van der Waals surface area contributed by atoms with Gasteiger partial charge in [-0.3, -0.25) is 0 Å². The Morgan fingerprint density at radius 3 is 2.15 bits per heavy atom. The third kappa shape index (κ3) is 6.56. The number of nitrogens with two attached hydrogens (primary N) is 1. The highest BCUT2D eigenvalue weighted by molar-refractivity contribution is 5.32. The molecule has 0 saturated carbocycles. The number of benzene rings is 1. The maximum Gasteiger partial charge on any atom is 0.0297 e. The highest BCUT2D eigenvalue weighted by Gasteiger charge is 2.08. The van der Waals surface area contributed by atoms with Crippen LogP contribution >= 0.6 is 0 Å². The van der Waals surface area contributed by atoms with Gasteiger partial charge in [0, 0.05) is 6.04 Å². The second-order valence-corrected chi connectivity index (χ2v) is 6.23. The third-order valence-corrected chi connectivity index (χ3v) is 4.20. The van der Waals surface area contributed by atoms with Crippen LogP contribution in [0.2, 0.25) is 0 Å². The third-order valence-electron chi connectivity index (χ3n) is 4.20. The molecule has 1 aromatic rings. The summed E-state index contributed by atoms with van der Waals surface area (Å²) in [5.41, 5.74) is 10.3. The Morgan fingerprint density at radius 2 is 1.50 bits per heavy atom. The predicted octanol–water partition coefficient (Wildman–Crippen LogP) is 5.83. The zero-order valence-electron chi connectivity index (χ0n) is 13.8. The molecule has 1 nitrogen and oxygen atoms in total. The quantitative estimate of drug-likeness (QED) is 0.534. The minimum absolute atomic E-state index is 0.218. The normalized spacial score (nSPS) is 12.6. The van der Waals surface area contributed by atoms with E-state index in [9.17, 15) is 0 Å². The molecule has 20 heavy (non-hydrogen) atoms. The van der Waals surface area contributed by atoms with Crippen LogP contribution in [0, 0.1) is 13.8 Å². The van der Waals surface area contributed by atoms with Gasteiger partial charge in [0.05, 0.1) is 0 Å². The van der Waals surface area contributed by atoms with Crippen molar-refractivity contribution in [2.45, 2.75) is 84.6 Å². The molecule has 0 aliphatic heterocycles. The number of hydrogen-bond acceptors (Lipinski definition) is 1. The van der Waals surface area contributed by atoms with Gasteiger partial charge >= 0.3 is 0 Å². The Hall–Kier alpha value is -0.820. The molecule has 0 aliphatic rings. The van der Waals surface area contributed by atoms with Crippen molar-refractivity contribution in [3.63, 3.8) is 0 Å². The molecule has 0 bridgehead atoms. The molecule has 0 fully saturated rings. The second-order valence-electron chi connectivity index (χ2n) is 6.23. The first kappa shape index (κ1) is 17.2. The molecule has 0 aliphatic carbocycles. The van der Waals surface area contributed by atoms with Crippen molar-refractivity contribution in [1.29, 1.82) is 0 Å². The molecule has 1 aromatic carbocycles. The number of unbranched alkanes of at least 4 members (excludes halogenated alkanes) is 7. The van der Waals surface area contributed by atoms with Crippen LogP contribution in [0.1, 0.15) is 87.4 Å². The fourth-order valence-corrected chi connectivity index (χ4v) is 2.81. The smallest absolute Gasteiger partial charge is 0.0297 e.